The van der Waals surface area contributed by atoms with Crippen molar-refractivity contribution in [2.45, 2.75) is 42.4 Å². The first kappa shape index (κ1) is 26.8. The van der Waals surface area contributed by atoms with Gasteiger partial charge in [-0.2, -0.15) is 44.4 Å². The molecule has 0 saturated carbocycles. The molecule has 0 spiro atoms. The van der Waals surface area contributed by atoms with Crippen LogP contribution in [0.15, 0.2) is 54.6 Å². The number of benzene rings is 2. The quantitative estimate of drug-likeness (QED) is 0.316. The smallest absolute Gasteiger partial charge is 0.315 e. The van der Waals surface area contributed by atoms with Crippen LogP contribution in [0.3, 0.4) is 0 Å². The van der Waals surface area contributed by atoms with Crippen molar-refractivity contribution in [3.05, 3.63) is 71.3 Å². The maximum atomic E-state index is 13.7. The van der Waals surface area contributed by atoms with E-state index in [1.54, 1.807) is 18.2 Å². The van der Waals surface area contributed by atoms with Crippen LogP contribution in [0, 0.1) is 0 Å². The van der Waals surface area contributed by atoms with Crippen molar-refractivity contribution in [2.75, 3.05) is 13.1 Å². The number of hydrogen-bond acceptors (Lipinski definition) is 4. The Hall–Kier alpha value is -2.80. The molecular weight excluding hydrogens is 497 g/mol. The van der Waals surface area contributed by atoms with Gasteiger partial charge in [0.05, 0.1) is 0 Å². The van der Waals surface area contributed by atoms with Crippen LogP contribution in [0.5, 0.6) is 0 Å². The Morgan fingerprint density at radius 1 is 0.886 bits per heavy atom. The summed E-state index contributed by atoms with van der Waals surface area (Å²) < 4.78 is 119. The van der Waals surface area contributed by atoms with Gasteiger partial charge in [-0.1, -0.05) is 61.5 Å². The molecule has 0 amide bonds. The molecule has 2 atom stereocenters. The van der Waals surface area contributed by atoms with E-state index in [1.807, 2.05) is 19.1 Å². The Morgan fingerprint density at radius 2 is 1.43 bits per heavy atom. The monoisotopic (exact) mass is 515 g/mol. The standard InChI is InChI=1S/C22H18F9NO3/c1-18(14-5-3-2-4-6-14)12-32-11-16(18)13-7-9-15(10-8-13)19(21(26,27)28,22(29,30)31)35-34-17(33)20(23,24)25/h2-10,16,32H,11-12H2,1H3/t16-,18+/m1/s1. The van der Waals surface area contributed by atoms with Crippen LogP contribution in [-0.4, -0.2) is 37.6 Å². The van der Waals surface area contributed by atoms with Crippen molar-refractivity contribution < 1.29 is 54.1 Å². The highest BCUT2D eigenvalue weighted by Gasteiger charge is 2.76. The molecule has 13 heteroatoms. The van der Waals surface area contributed by atoms with Gasteiger partial charge in [-0.15, -0.1) is 0 Å². The fraction of sp³-hybridized carbons (Fsp3) is 0.409. The molecule has 35 heavy (non-hydrogen) atoms. The normalized spacial score (nSPS) is 21.7. The van der Waals surface area contributed by atoms with Gasteiger partial charge in [-0.05, 0) is 11.1 Å². The van der Waals surface area contributed by atoms with Gasteiger partial charge in [-0.25, -0.2) is 4.79 Å². The van der Waals surface area contributed by atoms with Crippen LogP contribution in [0.4, 0.5) is 39.5 Å². The minimum atomic E-state index is -6.34. The molecule has 1 fully saturated rings. The summed E-state index contributed by atoms with van der Waals surface area (Å²) in [4.78, 5) is 17.1. The number of halogens is 9. The summed E-state index contributed by atoms with van der Waals surface area (Å²) in [6.45, 7) is 2.74. The Bertz CT molecular complexity index is 1020. The van der Waals surface area contributed by atoms with Crippen molar-refractivity contribution in [2.24, 2.45) is 0 Å². The minimum absolute atomic E-state index is 0.353. The Labute approximate surface area is 192 Å². The SMILES string of the molecule is C[C@@]1(c2ccccc2)CNC[C@@H]1c1ccc(C(OOC(=O)C(F)(F)F)(C(F)(F)F)C(F)(F)F)cc1. The summed E-state index contributed by atoms with van der Waals surface area (Å²) in [6.07, 6.45) is -18.6. The Balaban J connectivity index is 2.02. The average molecular weight is 515 g/mol. The molecule has 192 valence electrons. The van der Waals surface area contributed by atoms with E-state index in [2.05, 4.69) is 15.1 Å². The Morgan fingerprint density at radius 3 is 1.91 bits per heavy atom. The summed E-state index contributed by atoms with van der Waals surface area (Å²) in [7, 11) is 0. The number of carbonyl (C=O) groups is 1. The van der Waals surface area contributed by atoms with Crippen LogP contribution < -0.4 is 5.32 Å². The van der Waals surface area contributed by atoms with Crippen molar-refractivity contribution in [3.63, 3.8) is 0 Å². The predicted octanol–water partition coefficient (Wildman–Crippen LogP) is 5.69. The molecule has 2 aromatic carbocycles. The molecule has 0 bridgehead atoms. The van der Waals surface area contributed by atoms with Crippen molar-refractivity contribution in [3.8, 4) is 0 Å². The second-order valence-corrected chi connectivity index (χ2v) is 8.22. The van der Waals surface area contributed by atoms with Crippen LogP contribution in [-0.2, 0) is 25.6 Å². The number of alkyl halides is 9. The van der Waals surface area contributed by atoms with E-state index >= 15 is 0 Å². The topological polar surface area (TPSA) is 47.6 Å². The Kier molecular flexibility index (Phi) is 6.90. The third kappa shape index (κ3) is 4.83. The number of hydrogen-bond donors (Lipinski definition) is 1. The van der Waals surface area contributed by atoms with E-state index in [0.717, 1.165) is 17.7 Å². The van der Waals surface area contributed by atoms with Gasteiger partial charge in [0.25, 0.3) is 0 Å². The molecule has 2 aromatic rings. The molecule has 1 aliphatic heterocycles. The zero-order valence-electron chi connectivity index (χ0n) is 17.8. The zero-order chi connectivity index (χ0) is 26.3. The van der Waals surface area contributed by atoms with E-state index < -0.39 is 41.1 Å². The molecule has 1 N–H and O–H groups in total. The van der Waals surface area contributed by atoms with Crippen molar-refractivity contribution >= 4 is 5.97 Å². The largest absolute Gasteiger partial charge is 0.494 e. The molecule has 1 aliphatic rings. The lowest BCUT2D eigenvalue weighted by atomic mass is 9.71. The molecule has 1 heterocycles. The van der Waals surface area contributed by atoms with Crippen LogP contribution in [0.2, 0.25) is 0 Å². The summed E-state index contributed by atoms with van der Waals surface area (Å²) >= 11 is 0. The molecule has 4 nitrogen and oxygen atoms in total. The average Bonchev–Trinajstić information content (AvgIpc) is 3.15. The van der Waals surface area contributed by atoms with Crippen LogP contribution in [0.25, 0.3) is 0 Å². The number of rotatable bonds is 5. The van der Waals surface area contributed by atoms with E-state index in [0.29, 0.717) is 30.8 Å². The third-order valence-electron chi connectivity index (χ3n) is 6.03. The van der Waals surface area contributed by atoms with Gasteiger partial charge in [0, 0.05) is 30.0 Å². The highest BCUT2D eigenvalue weighted by Crippen LogP contribution is 2.53. The second-order valence-electron chi connectivity index (χ2n) is 8.22. The molecule has 3 rings (SSSR count). The fourth-order valence-electron chi connectivity index (χ4n) is 4.16. The summed E-state index contributed by atoms with van der Waals surface area (Å²) in [5.41, 5.74) is -6.23. The second kappa shape index (κ2) is 9.01. The molecule has 0 aromatic heterocycles. The molecule has 0 aliphatic carbocycles. The van der Waals surface area contributed by atoms with Crippen molar-refractivity contribution in [1.29, 1.82) is 0 Å². The molecular formula is C22H18F9NO3. The third-order valence-corrected chi connectivity index (χ3v) is 6.03. The van der Waals surface area contributed by atoms with E-state index in [9.17, 15) is 44.3 Å². The van der Waals surface area contributed by atoms with Gasteiger partial charge in [0.1, 0.15) is 0 Å². The van der Waals surface area contributed by atoms with E-state index in [4.69, 9.17) is 0 Å². The van der Waals surface area contributed by atoms with Gasteiger partial charge in [-0.3, -0.25) is 4.89 Å². The number of nitrogens with one attached hydrogen (secondary N) is 1. The summed E-state index contributed by atoms with van der Waals surface area (Å²) in [6, 6.07) is 12.0. The lowest BCUT2D eigenvalue weighted by Crippen LogP contribution is -2.56. The predicted molar refractivity (Wildman–Crippen MR) is 103 cm³/mol. The first-order valence-electron chi connectivity index (χ1n) is 10.0. The maximum absolute atomic E-state index is 13.7. The lowest BCUT2D eigenvalue weighted by molar-refractivity contribution is -0.478. The first-order valence-corrected chi connectivity index (χ1v) is 10.0. The van der Waals surface area contributed by atoms with Gasteiger partial charge >= 0.3 is 30.1 Å². The minimum Gasteiger partial charge on any atom is -0.315 e. The van der Waals surface area contributed by atoms with Crippen LogP contribution in [0.1, 0.15) is 29.5 Å². The highest BCUT2D eigenvalue weighted by atomic mass is 19.4. The van der Waals surface area contributed by atoms with Gasteiger partial charge in [0.2, 0.25) is 0 Å². The fourth-order valence-corrected chi connectivity index (χ4v) is 4.16. The van der Waals surface area contributed by atoms with Crippen molar-refractivity contribution in [1.82, 2.24) is 5.32 Å². The van der Waals surface area contributed by atoms with Gasteiger partial charge < -0.3 is 5.32 Å². The zero-order valence-corrected chi connectivity index (χ0v) is 17.8. The van der Waals surface area contributed by atoms with Crippen LogP contribution >= 0.6 is 0 Å². The molecule has 0 radical (unpaired) electrons. The van der Waals surface area contributed by atoms with E-state index in [-0.39, 0.29) is 5.92 Å². The molecule has 0 unspecified atom stereocenters. The first-order chi connectivity index (χ1) is 16.0. The maximum Gasteiger partial charge on any atom is 0.494 e. The highest BCUT2D eigenvalue weighted by molar-refractivity contribution is 5.75. The summed E-state index contributed by atoms with van der Waals surface area (Å²) in [5, 5.41) is 3.15. The van der Waals surface area contributed by atoms with Gasteiger partial charge in [0.15, 0.2) is 0 Å². The summed E-state index contributed by atoms with van der Waals surface area (Å²) in [5.74, 6) is -3.73. The lowest BCUT2D eigenvalue weighted by Gasteiger charge is -2.36. The molecule has 1 saturated heterocycles. The number of carbonyl (C=O) groups excluding carboxylic acids is 1. The van der Waals surface area contributed by atoms with E-state index in [1.165, 1.54) is 0 Å².